The normalized spacial score (nSPS) is 18.7. The topological polar surface area (TPSA) is 12.4 Å². The molecule has 0 aromatic rings. The van der Waals surface area contributed by atoms with Crippen molar-refractivity contribution in [1.29, 1.82) is 0 Å². The van der Waals surface area contributed by atoms with Crippen molar-refractivity contribution >= 4 is 28.3 Å². The van der Waals surface area contributed by atoms with E-state index in [2.05, 4.69) is 48.4 Å². The van der Waals surface area contributed by atoms with Gasteiger partial charge in [-0.1, -0.05) is 36.4 Å². The molecule has 0 radical (unpaired) electrons. The standard InChI is InChI=1S/C8H16IN/c1-5-8(3,6-9)7(2)10-4/h5-6H2,1-4H3. The van der Waals surface area contributed by atoms with Crippen molar-refractivity contribution in [2.24, 2.45) is 10.4 Å². The van der Waals surface area contributed by atoms with Crippen molar-refractivity contribution in [3.8, 4) is 0 Å². The van der Waals surface area contributed by atoms with Crippen LogP contribution in [-0.2, 0) is 0 Å². The number of hydrogen-bond donors (Lipinski definition) is 0. The second-order valence-corrected chi connectivity index (χ2v) is 3.62. The molecule has 0 aromatic carbocycles. The van der Waals surface area contributed by atoms with Crippen LogP contribution >= 0.6 is 22.6 Å². The Morgan fingerprint density at radius 1 is 1.60 bits per heavy atom. The average molecular weight is 253 g/mol. The number of halogens is 1. The lowest BCUT2D eigenvalue weighted by atomic mass is 9.85. The molecule has 1 nitrogen and oxygen atoms in total. The zero-order chi connectivity index (χ0) is 8.20. The Labute approximate surface area is 77.5 Å². The van der Waals surface area contributed by atoms with Crippen molar-refractivity contribution in [2.75, 3.05) is 11.5 Å². The lowest BCUT2D eigenvalue weighted by molar-refractivity contribution is 0.519. The van der Waals surface area contributed by atoms with E-state index < -0.39 is 0 Å². The minimum Gasteiger partial charge on any atom is -0.297 e. The van der Waals surface area contributed by atoms with Crippen LogP contribution in [0.25, 0.3) is 0 Å². The van der Waals surface area contributed by atoms with Crippen LogP contribution < -0.4 is 0 Å². The summed E-state index contributed by atoms with van der Waals surface area (Å²) in [6, 6.07) is 0. The minimum atomic E-state index is 0.329. The van der Waals surface area contributed by atoms with Gasteiger partial charge in [-0.25, -0.2) is 0 Å². The minimum absolute atomic E-state index is 0.329. The van der Waals surface area contributed by atoms with E-state index in [1.54, 1.807) is 0 Å². The van der Waals surface area contributed by atoms with Gasteiger partial charge in [0.1, 0.15) is 0 Å². The van der Waals surface area contributed by atoms with Gasteiger partial charge in [0.25, 0.3) is 0 Å². The lowest BCUT2D eigenvalue weighted by Crippen LogP contribution is -2.26. The fraction of sp³-hybridized carbons (Fsp3) is 0.875. The first kappa shape index (κ1) is 10.4. The molecule has 0 aliphatic heterocycles. The van der Waals surface area contributed by atoms with E-state index >= 15 is 0 Å². The van der Waals surface area contributed by atoms with Crippen LogP contribution in [-0.4, -0.2) is 17.2 Å². The maximum atomic E-state index is 4.21. The third-order valence-corrected chi connectivity index (χ3v) is 3.97. The van der Waals surface area contributed by atoms with Crippen LogP contribution in [0.3, 0.4) is 0 Å². The van der Waals surface area contributed by atoms with Gasteiger partial charge in [0.05, 0.1) is 0 Å². The second-order valence-electron chi connectivity index (χ2n) is 2.86. The molecule has 0 spiro atoms. The summed E-state index contributed by atoms with van der Waals surface area (Å²) in [4.78, 5) is 4.21. The first-order valence-corrected chi connectivity index (χ1v) is 5.13. The third-order valence-electron chi connectivity index (χ3n) is 2.28. The molecule has 0 bridgehead atoms. The highest BCUT2D eigenvalue weighted by Gasteiger charge is 2.23. The Hall–Kier alpha value is 0.400. The molecule has 0 saturated carbocycles. The maximum absolute atomic E-state index is 4.21. The smallest absolute Gasteiger partial charge is 0.0276 e. The van der Waals surface area contributed by atoms with Crippen LogP contribution in [0.4, 0.5) is 0 Å². The summed E-state index contributed by atoms with van der Waals surface area (Å²) in [7, 11) is 1.87. The molecule has 1 atom stereocenters. The summed E-state index contributed by atoms with van der Waals surface area (Å²) in [5.41, 5.74) is 1.60. The van der Waals surface area contributed by atoms with Crippen LogP contribution in [0, 0.1) is 5.41 Å². The summed E-state index contributed by atoms with van der Waals surface area (Å²) in [6.07, 6.45) is 1.18. The highest BCUT2D eigenvalue weighted by atomic mass is 127. The quantitative estimate of drug-likeness (QED) is 0.416. The molecule has 60 valence electrons. The predicted octanol–water partition coefficient (Wildman–Crippen LogP) is 2.93. The number of hydrogen-bond acceptors (Lipinski definition) is 1. The Morgan fingerprint density at radius 3 is 2.20 bits per heavy atom. The zero-order valence-electron chi connectivity index (χ0n) is 7.24. The molecule has 10 heavy (non-hydrogen) atoms. The second kappa shape index (κ2) is 4.31. The molecule has 1 unspecified atom stereocenters. The molecule has 0 aromatic heterocycles. The molecular formula is C8H16IN. The van der Waals surface area contributed by atoms with Gasteiger partial charge in [0, 0.05) is 22.6 Å². The Bertz CT molecular complexity index is 125. The summed E-state index contributed by atoms with van der Waals surface area (Å²) in [6.45, 7) is 6.59. The summed E-state index contributed by atoms with van der Waals surface area (Å²) in [5, 5.41) is 0. The monoisotopic (exact) mass is 253 g/mol. The summed E-state index contributed by atoms with van der Waals surface area (Å²) in [5.74, 6) is 0. The molecule has 0 aliphatic rings. The average Bonchev–Trinajstić information content (AvgIpc) is 2.01. The number of aliphatic imine (C=N–C) groups is 1. The van der Waals surface area contributed by atoms with E-state index in [-0.39, 0.29) is 0 Å². The number of alkyl halides is 1. The molecule has 0 fully saturated rings. The van der Waals surface area contributed by atoms with Crippen molar-refractivity contribution < 1.29 is 0 Å². The highest BCUT2D eigenvalue weighted by molar-refractivity contribution is 14.1. The van der Waals surface area contributed by atoms with Gasteiger partial charge in [0.15, 0.2) is 0 Å². The van der Waals surface area contributed by atoms with Gasteiger partial charge < -0.3 is 0 Å². The van der Waals surface area contributed by atoms with E-state index in [0.717, 1.165) is 4.43 Å². The Morgan fingerprint density at radius 2 is 2.10 bits per heavy atom. The fourth-order valence-corrected chi connectivity index (χ4v) is 1.81. The fourth-order valence-electron chi connectivity index (χ4n) is 0.717. The molecule has 0 saturated heterocycles. The Kier molecular flexibility index (Phi) is 4.49. The van der Waals surface area contributed by atoms with Crippen molar-refractivity contribution in [3.05, 3.63) is 0 Å². The van der Waals surface area contributed by atoms with Crippen molar-refractivity contribution in [1.82, 2.24) is 0 Å². The Balaban J connectivity index is 4.32. The largest absolute Gasteiger partial charge is 0.297 e. The van der Waals surface area contributed by atoms with E-state index in [9.17, 15) is 0 Å². The molecule has 0 aliphatic carbocycles. The number of nitrogens with zero attached hydrogens (tertiary/aromatic N) is 1. The maximum Gasteiger partial charge on any atom is 0.0276 e. The van der Waals surface area contributed by atoms with E-state index in [0.29, 0.717) is 5.41 Å². The van der Waals surface area contributed by atoms with Crippen molar-refractivity contribution in [2.45, 2.75) is 27.2 Å². The van der Waals surface area contributed by atoms with E-state index in [1.165, 1.54) is 12.1 Å². The van der Waals surface area contributed by atoms with Crippen LogP contribution in [0.2, 0.25) is 0 Å². The first-order valence-electron chi connectivity index (χ1n) is 3.60. The molecule has 2 heteroatoms. The van der Waals surface area contributed by atoms with Crippen LogP contribution in [0.1, 0.15) is 27.2 Å². The molecule has 0 heterocycles. The summed E-state index contributed by atoms with van der Waals surface area (Å²) < 4.78 is 1.16. The zero-order valence-corrected chi connectivity index (χ0v) is 9.40. The van der Waals surface area contributed by atoms with Gasteiger partial charge in [-0.05, 0) is 13.3 Å². The SMILES string of the molecule is CCC(C)(CI)C(C)=NC. The van der Waals surface area contributed by atoms with Gasteiger partial charge >= 0.3 is 0 Å². The lowest BCUT2D eigenvalue weighted by Gasteiger charge is -2.25. The van der Waals surface area contributed by atoms with E-state index in [4.69, 9.17) is 0 Å². The van der Waals surface area contributed by atoms with Gasteiger partial charge in [0.2, 0.25) is 0 Å². The third kappa shape index (κ3) is 2.22. The van der Waals surface area contributed by atoms with Gasteiger partial charge in [-0.2, -0.15) is 0 Å². The number of rotatable bonds is 3. The van der Waals surface area contributed by atoms with Gasteiger partial charge in [-0.3, -0.25) is 4.99 Å². The van der Waals surface area contributed by atoms with Crippen molar-refractivity contribution in [3.63, 3.8) is 0 Å². The molecule has 0 rings (SSSR count). The predicted molar refractivity (Wildman–Crippen MR) is 56.3 cm³/mol. The molecule has 0 N–H and O–H groups in total. The van der Waals surface area contributed by atoms with Crippen LogP contribution in [0.15, 0.2) is 4.99 Å². The van der Waals surface area contributed by atoms with Crippen LogP contribution in [0.5, 0.6) is 0 Å². The highest BCUT2D eigenvalue weighted by Crippen LogP contribution is 2.25. The molecule has 0 amide bonds. The summed E-state index contributed by atoms with van der Waals surface area (Å²) >= 11 is 2.42. The van der Waals surface area contributed by atoms with E-state index in [1.807, 2.05) is 7.05 Å². The first-order chi connectivity index (χ1) is 4.60. The van der Waals surface area contributed by atoms with Gasteiger partial charge in [-0.15, -0.1) is 0 Å². The molecular weight excluding hydrogens is 237 g/mol.